The van der Waals surface area contributed by atoms with Crippen molar-refractivity contribution in [1.29, 1.82) is 0 Å². The molecule has 3 unspecified atom stereocenters. The summed E-state index contributed by atoms with van der Waals surface area (Å²) in [6, 6.07) is 0.435. The molecule has 1 amide bonds. The summed E-state index contributed by atoms with van der Waals surface area (Å²) >= 11 is 0. The molecule has 0 radical (unpaired) electrons. The van der Waals surface area contributed by atoms with Gasteiger partial charge in [-0.15, -0.1) is 0 Å². The SMILES string of the molecule is CC1(C)C(NCC(=O)N2CCCC2)C2CCCOC21. The number of fused-ring (bicyclic) bond motifs is 1. The summed E-state index contributed by atoms with van der Waals surface area (Å²) in [6.45, 7) is 7.82. The van der Waals surface area contributed by atoms with Gasteiger partial charge >= 0.3 is 0 Å². The van der Waals surface area contributed by atoms with E-state index >= 15 is 0 Å². The van der Waals surface area contributed by atoms with Gasteiger partial charge in [-0.1, -0.05) is 13.8 Å². The number of amides is 1. The van der Waals surface area contributed by atoms with Crippen LogP contribution in [0, 0.1) is 11.3 Å². The minimum absolute atomic E-state index is 0.163. The molecule has 1 aliphatic carbocycles. The van der Waals surface area contributed by atoms with Crippen LogP contribution >= 0.6 is 0 Å². The van der Waals surface area contributed by atoms with Crippen molar-refractivity contribution in [3.8, 4) is 0 Å². The van der Waals surface area contributed by atoms with Crippen molar-refractivity contribution in [2.75, 3.05) is 26.2 Å². The second-order valence-electron chi connectivity index (χ2n) is 6.87. The predicted octanol–water partition coefficient (Wildman–Crippen LogP) is 1.40. The molecule has 4 heteroatoms. The van der Waals surface area contributed by atoms with Crippen LogP contribution in [0.2, 0.25) is 0 Å². The fraction of sp³-hybridized carbons (Fsp3) is 0.933. The lowest BCUT2D eigenvalue weighted by Crippen LogP contribution is -2.69. The first-order valence-electron chi connectivity index (χ1n) is 7.73. The van der Waals surface area contributed by atoms with E-state index in [4.69, 9.17) is 4.74 Å². The number of nitrogens with zero attached hydrogens (tertiary/aromatic N) is 1. The number of hydrogen-bond acceptors (Lipinski definition) is 3. The number of ether oxygens (including phenoxy) is 1. The summed E-state index contributed by atoms with van der Waals surface area (Å²) in [5, 5.41) is 3.51. The zero-order chi connectivity index (χ0) is 13.5. The van der Waals surface area contributed by atoms with Gasteiger partial charge in [0.25, 0.3) is 0 Å². The lowest BCUT2D eigenvalue weighted by Gasteiger charge is -2.60. The van der Waals surface area contributed by atoms with Crippen LogP contribution in [0.3, 0.4) is 0 Å². The number of rotatable bonds is 3. The van der Waals surface area contributed by atoms with Gasteiger partial charge in [0.1, 0.15) is 0 Å². The van der Waals surface area contributed by atoms with E-state index in [1.165, 1.54) is 19.3 Å². The maximum atomic E-state index is 12.1. The molecule has 0 spiro atoms. The minimum atomic E-state index is 0.163. The van der Waals surface area contributed by atoms with Gasteiger partial charge in [-0.3, -0.25) is 4.79 Å². The zero-order valence-corrected chi connectivity index (χ0v) is 12.2. The van der Waals surface area contributed by atoms with E-state index in [0.717, 1.165) is 26.1 Å². The van der Waals surface area contributed by atoms with Crippen molar-refractivity contribution in [3.05, 3.63) is 0 Å². The van der Waals surface area contributed by atoms with Gasteiger partial charge in [0, 0.05) is 37.1 Å². The minimum Gasteiger partial charge on any atom is -0.377 e. The molecule has 2 aliphatic heterocycles. The van der Waals surface area contributed by atoms with E-state index < -0.39 is 0 Å². The Morgan fingerprint density at radius 3 is 2.79 bits per heavy atom. The van der Waals surface area contributed by atoms with E-state index in [-0.39, 0.29) is 11.3 Å². The molecule has 1 N–H and O–H groups in total. The van der Waals surface area contributed by atoms with Gasteiger partial charge in [-0.25, -0.2) is 0 Å². The van der Waals surface area contributed by atoms with Crippen LogP contribution in [0.5, 0.6) is 0 Å². The summed E-state index contributed by atoms with van der Waals surface area (Å²) in [4.78, 5) is 14.1. The highest BCUT2D eigenvalue weighted by Crippen LogP contribution is 2.51. The van der Waals surface area contributed by atoms with Gasteiger partial charge < -0.3 is 15.0 Å². The van der Waals surface area contributed by atoms with E-state index in [1.807, 2.05) is 4.90 Å². The third-order valence-electron chi connectivity index (χ3n) is 5.26. The third-order valence-corrected chi connectivity index (χ3v) is 5.26. The molecule has 3 rings (SSSR count). The van der Waals surface area contributed by atoms with Crippen LogP contribution in [0.1, 0.15) is 39.5 Å². The van der Waals surface area contributed by atoms with Gasteiger partial charge in [0.2, 0.25) is 5.91 Å². The molecule has 2 heterocycles. The molecule has 4 nitrogen and oxygen atoms in total. The largest absolute Gasteiger partial charge is 0.377 e. The van der Waals surface area contributed by atoms with Gasteiger partial charge in [0.15, 0.2) is 0 Å². The highest BCUT2D eigenvalue weighted by molar-refractivity contribution is 5.78. The van der Waals surface area contributed by atoms with E-state index in [2.05, 4.69) is 19.2 Å². The lowest BCUT2D eigenvalue weighted by molar-refractivity contribution is -0.192. The quantitative estimate of drug-likeness (QED) is 0.839. The first-order chi connectivity index (χ1) is 9.10. The third kappa shape index (κ3) is 2.29. The summed E-state index contributed by atoms with van der Waals surface area (Å²) in [7, 11) is 0. The standard InChI is InChI=1S/C15H26N2O2/c1-15(2)13(11-6-5-9-19-14(11)15)16-10-12(18)17-7-3-4-8-17/h11,13-14,16H,3-10H2,1-2H3. The van der Waals surface area contributed by atoms with Gasteiger partial charge in [-0.2, -0.15) is 0 Å². The Hall–Kier alpha value is -0.610. The molecule has 3 aliphatic rings. The first kappa shape index (κ1) is 13.4. The Balaban J connectivity index is 1.53. The molecule has 3 atom stereocenters. The van der Waals surface area contributed by atoms with Crippen molar-refractivity contribution in [3.63, 3.8) is 0 Å². The molecule has 0 bridgehead atoms. The van der Waals surface area contributed by atoms with Gasteiger partial charge in [-0.05, 0) is 25.7 Å². The van der Waals surface area contributed by atoms with Crippen LogP contribution < -0.4 is 5.32 Å². The van der Waals surface area contributed by atoms with Crippen molar-refractivity contribution in [1.82, 2.24) is 10.2 Å². The van der Waals surface area contributed by atoms with Crippen LogP contribution in [0.15, 0.2) is 0 Å². The fourth-order valence-electron chi connectivity index (χ4n) is 4.21. The van der Waals surface area contributed by atoms with Crippen LogP contribution in [0.25, 0.3) is 0 Å². The summed E-state index contributed by atoms with van der Waals surface area (Å²) in [5.74, 6) is 0.878. The molecule has 1 saturated carbocycles. The van der Waals surface area contributed by atoms with Crippen LogP contribution in [0.4, 0.5) is 0 Å². The number of carbonyl (C=O) groups excluding carboxylic acids is 1. The van der Waals surface area contributed by atoms with Crippen molar-refractivity contribution >= 4 is 5.91 Å². The van der Waals surface area contributed by atoms with E-state index in [0.29, 0.717) is 24.6 Å². The Bertz CT molecular complexity index is 350. The topological polar surface area (TPSA) is 41.6 Å². The zero-order valence-electron chi connectivity index (χ0n) is 12.2. The smallest absolute Gasteiger partial charge is 0.236 e. The Morgan fingerprint density at radius 2 is 2.05 bits per heavy atom. The number of likely N-dealkylation sites (tertiary alicyclic amines) is 1. The molecule has 19 heavy (non-hydrogen) atoms. The normalized spacial score (nSPS) is 36.7. The average molecular weight is 266 g/mol. The number of carbonyl (C=O) groups is 1. The van der Waals surface area contributed by atoms with Crippen molar-refractivity contribution < 1.29 is 9.53 Å². The Morgan fingerprint density at radius 1 is 1.32 bits per heavy atom. The number of hydrogen-bond donors (Lipinski definition) is 1. The Kier molecular flexibility index (Phi) is 3.56. The van der Waals surface area contributed by atoms with Gasteiger partial charge in [0.05, 0.1) is 12.6 Å². The molecule has 2 saturated heterocycles. The van der Waals surface area contributed by atoms with Crippen molar-refractivity contribution in [2.45, 2.75) is 51.7 Å². The second kappa shape index (κ2) is 5.06. The maximum absolute atomic E-state index is 12.1. The van der Waals surface area contributed by atoms with E-state index in [1.54, 1.807) is 0 Å². The average Bonchev–Trinajstić information content (AvgIpc) is 2.92. The maximum Gasteiger partial charge on any atom is 0.236 e. The summed E-state index contributed by atoms with van der Waals surface area (Å²) in [6.07, 6.45) is 5.12. The van der Waals surface area contributed by atoms with Crippen LogP contribution in [-0.4, -0.2) is 49.2 Å². The van der Waals surface area contributed by atoms with E-state index in [9.17, 15) is 4.79 Å². The lowest BCUT2D eigenvalue weighted by atomic mass is 9.55. The molecule has 0 aromatic rings. The van der Waals surface area contributed by atoms with Crippen molar-refractivity contribution in [2.24, 2.45) is 11.3 Å². The monoisotopic (exact) mass is 266 g/mol. The highest BCUT2D eigenvalue weighted by atomic mass is 16.5. The molecule has 0 aromatic carbocycles. The fourth-order valence-corrected chi connectivity index (χ4v) is 4.21. The second-order valence-corrected chi connectivity index (χ2v) is 6.87. The highest BCUT2D eigenvalue weighted by Gasteiger charge is 2.57. The summed E-state index contributed by atoms with van der Waals surface area (Å²) < 4.78 is 5.89. The van der Waals surface area contributed by atoms with Crippen LogP contribution in [-0.2, 0) is 9.53 Å². The predicted molar refractivity (Wildman–Crippen MR) is 73.8 cm³/mol. The molecular formula is C15H26N2O2. The summed E-state index contributed by atoms with van der Waals surface area (Å²) in [5.41, 5.74) is 0.163. The Labute approximate surface area is 115 Å². The molecule has 3 fully saturated rings. The number of nitrogens with one attached hydrogen (secondary N) is 1. The molecular weight excluding hydrogens is 240 g/mol. The molecule has 108 valence electrons. The molecule has 0 aromatic heterocycles. The first-order valence-corrected chi connectivity index (χ1v) is 7.73.